The van der Waals surface area contributed by atoms with E-state index in [2.05, 4.69) is 66.4 Å². The Morgan fingerprint density at radius 3 is 2.59 bits per heavy atom. The fourth-order valence-electron chi connectivity index (χ4n) is 2.50. The zero-order chi connectivity index (χ0) is 15.4. The van der Waals surface area contributed by atoms with Gasteiger partial charge < -0.3 is 5.32 Å². The standard InChI is InChI=1S/C9H10BrN.C9H6BrN/c2*10-9-2-1-8-6-11-4-3-7(8)5-9/h1-2,5,11H,3-4,6H2;1-6H. The summed E-state index contributed by atoms with van der Waals surface area (Å²) in [5.74, 6) is 0. The molecule has 0 fully saturated rings. The van der Waals surface area contributed by atoms with Crippen LogP contribution in [0, 0.1) is 0 Å². The van der Waals surface area contributed by atoms with Crippen molar-refractivity contribution in [2.75, 3.05) is 6.54 Å². The third kappa shape index (κ3) is 3.94. The number of halogens is 2. The van der Waals surface area contributed by atoms with Gasteiger partial charge in [0.05, 0.1) is 0 Å². The van der Waals surface area contributed by atoms with E-state index in [9.17, 15) is 0 Å². The molecule has 1 aliphatic rings. The third-order valence-corrected chi connectivity index (χ3v) is 4.64. The molecule has 1 aliphatic heterocycles. The van der Waals surface area contributed by atoms with Crippen molar-refractivity contribution in [1.82, 2.24) is 10.3 Å². The van der Waals surface area contributed by atoms with Gasteiger partial charge in [-0.1, -0.05) is 44.0 Å². The molecule has 0 radical (unpaired) electrons. The van der Waals surface area contributed by atoms with E-state index < -0.39 is 0 Å². The van der Waals surface area contributed by atoms with E-state index in [0.717, 1.165) is 24.0 Å². The SMILES string of the molecule is Brc1ccc2c(c1)CCNC2.Brc1ccc2cnccc2c1. The second-order valence-corrected chi connectivity index (χ2v) is 7.04. The van der Waals surface area contributed by atoms with Crippen molar-refractivity contribution in [2.24, 2.45) is 0 Å². The summed E-state index contributed by atoms with van der Waals surface area (Å²) in [5, 5.41) is 5.74. The molecule has 0 saturated heterocycles. The highest BCUT2D eigenvalue weighted by molar-refractivity contribution is 9.10. The Labute approximate surface area is 147 Å². The Hall–Kier alpha value is -1.23. The van der Waals surface area contributed by atoms with Crippen molar-refractivity contribution < 1.29 is 0 Å². The molecule has 0 aliphatic carbocycles. The Balaban J connectivity index is 0.000000131. The fraction of sp³-hybridized carbons (Fsp3) is 0.167. The van der Waals surface area contributed by atoms with Gasteiger partial charge in [0, 0.05) is 33.3 Å². The van der Waals surface area contributed by atoms with Crippen LogP contribution < -0.4 is 5.32 Å². The molecular weight excluding hydrogens is 404 g/mol. The van der Waals surface area contributed by atoms with E-state index in [0.29, 0.717) is 0 Å². The monoisotopic (exact) mass is 418 g/mol. The van der Waals surface area contributed by atoms with Crippen LogP contribution in [-0.4, -0.2) is 11.5 Å². The largest absolute Gasteiger partial charge is 0.312 e. The minimum atomic E-state index is 1.03. The van der Waals surface area contributed by atoms with Gasteiger partial charge in [-0.15, -0.1) is 0 Å². The predicted molar refractivity (Wildman–Crippen MR) is 99.0 cm³/mol. The summed E-state index contributed by atoms with van der Waals surface area (Å²) in [4.78, 5) is 4.03. The van der Waals surface area contributed by atoms with Gasteiger partial charge in [0.25, 0.3) is 0 Å². The summed E-state index contributed by atoms with van der Waals surface area (Å²) in [6.07, 6.45) is 4.82. The van der Waals surface area contributed by atoms with E-state index in [4.69, 9.17) is 0 Å². The lowest BCUT2D eigenvalue weighted by Gasteiger charge is -2.16. The topological polar surface area (TPSA) is 24.9 Å². The third-order valence-electron chi connectivity index (χ3n) is 3.66. The highest BCUT2D eigenvalue weighted by Crippen LogP contribution is 2.19. The summed E-state index contributed by atoms with van der Waals surface area (Å²) in [6.45, 7) is 2.14. The lowest BCUT2D eigenvalue weighted by molar-refractivity contribution is 0.643. The van der Waals surface area contributed by atoms with E-state index >= 15 is 0 Å². The predicted octanol–water partition coefficient (Wildman–Crippen LogP) is 5.09. The van der Waals surface area contributed by atoms with Gasteiger partial charge in [0.2, 0.25) is 0 Å². The normalized spacial score (nSPS) is 13.2. The van der Waals surface area contributed by atoms with Crippen molar-refractivity contribution in [2.45, 2.75) is 13.0 Å². The molecule has 0 atom stereocenters. The van der Waals surface area contributed by atoms with Gasteiger partial charge in [-0.3, -0.25) is 4.98 Å². The van der Waals surface area contributed by atoms with Crippen LogP contribution in [0.3, 0.4) is 0 Å². The number of nitrogens with zero attached hydrogens (tertiary/aromatic N) is 1. The quantitative estimate of drug-likeness (QED) is 0.548. The average Bonchev–Trinajstić information content (AvgIpc) is 2.55. The van der Waals surface area contributed by atoms with Gasteiger partial charge in [0.15, 0.2) is 0 Å². The van der Waals surface area contributed by atoms with E-state index in [1.165, 1.54) is 26.4 Å². The molecule has 2 nitrogen and oxygen atoms in total. The molecule has 0 spiro atoms. The molecule has 4 heteroatoms. The van der Waals surface area contributed by atoms with Gasteiger partial charge in [-0.05, 0) is 59.8 Å². The fourth-order valence-corrected chi connectivity index (χ4v) is 3.29. The van der Waals surface area contributed by atoms with Crippen LogP contribution in [0.25, 0.3) is 10.8 Å². The smallest absolute Gasteiger partial charge is 0.0346 e. The minimum absolute atomic E-state index is 1.03. The van der Waals surface area contributed by atoms with Crippen LogP contribution in [0.4, 0.5) is 0 Å². The molecule has 0 saturated carbocycles. The Kier molecular flexibility index (Phi) is 5.24. The molecule has 0 amide bonds. The summed E-state index contributed by atoms with van der Waals surface area (Å²) in [7, 11) is 0. The van der Waals surface area contributed by atoms with Crippen molar-refractivity contribution in [3.05, 3.63) is 74.9 Å². The molecule has 2 heterocycles. The van der Waals surface area contributed by atoms with Gasteiger partial charge in [0.1, 0.15) is 0 Å². The maximum atomic E-state index is 4.03. The van der Waals surface area contributed by atoms with Crippen LogP contribution in [0.15, 0.2) is 63.8 Å². The highest BCUT2D eigenvalue weighted by atomic mass is 79.9. The summed E-state index contributed by atoms with van der Waals surface area (Å²) in [5.41, 5.74) is 2.93. The molecule has 112 valence electrons. The second-order valence-electron chi connectivity index (χ2n) is 5.21. The molecule has 1 aromatic heterocycles. The number of aromatic nitrogens is 1. The lowest BCUT2D eigenvalue weighted by atomic mass is 10.0. The van der Waals surface area contributed by atoms with E-state index in [-0.39, 0.29) is 0 Å². The summed E-state index contributed by atoms with van der Waals surface area (Å²) >= 11 is 6.88. The number of hydrogen-bond acceptors (Lipinski definition) is 2. The van der Waals surface area contributed by atoms with Crippen molar-refractivity contribution in [3.63, 3.8) is 0 Å². The summed E-state index contributed by atoms with van der Waals surface area (Å²) < 4.78 is 2.30. The molecule has 4 rings (SSSR count). The van der Waals surface area contributed by atoms with Crippen LogP contribution in [-0.2, 0) is 13.0 Å². The first-order chi connectivity index (χ1) is 10.7. The number of hydrogen-bond donors (Lipinski definition) is 1. The Morgan fingerprint density at radius 1 is 0.864 bits per heavy atom. The highest BCUT2D eigenvalue weighted by Gasteiger charge is 2.07. The van der Waals surface area contributed by atoms with Crippen LogP contribution in [0.1, 0.15) is 11.1 Å². The van der Waals surface area contributed by atoms with Crippen LogP contribution in [0.2, 0.25) is 0 Å². The summed E-state index contributed by atoms with van der Waals surface area (Å²) in [6, 6.07) is 14.7. The van der Waals surface area contributed by atoms with Crippen LogP contribution >= 0.6 is 31.9 Å². The molecule has 0 bridgehead atoms. The van der Waals surface area contributed by atoms with Gasteiger partial charge >= 0.3 is 0 Å². The van der Waals surface area contributed by atoms with Crippen molar-refractivity contribution >= 4 is 42.6 Å². The van der Waals surface area contributed by atoms with E-state index in [1.54, 1.807) is 6.20 Å². The molecular formula is C18H16Br2N2. The first kappa shape index (κ1) is 15.7. The number of nitrogens with one attached hydrogen (secondary N) is 1. The van der Waals surface area contributed by atoms with Crippen LogP contribution in [0.5, 0.6) is 0 Å². The van der Waals surface area contributed by atoms with E-state index in [1.807, 2.05) is 24.4 Å². The van der Waals surface area contributed by atoms with Crippen molar-refractivity contribution in [1.29, 1.82) is 0 Å². The molecule has 0 unspecified atom stereocenters. The number of pyridine rings is 1. The zero-order valence-corrected chi connectivity index (χ0v) is 15.2. The zero-order valence-electron chi connectivity index (χ0n) is 12.0. The maximum Gasteiger partial charge on any atom is 0.0346 e. The number of fused-ring (bicyclic) bond motifs is 2. The maximum absolute atomic E-state index is 4.03. The Bertz CT molecular complexity index is 787. The van der Waals surface area contributed by atoms with Gasteiger partial charge in [-0.2, -0.15) is 0 Å². The number of rotatable bonds is 0. The first-order valence-electron chi connectivity index (χ1n) is 7.20. The molecule has 2 aromatic carbocycles. The number of benzene rings is 2. The molecule has 1 N–H and O–H groups in total. The Morgan fingerprint density at radius 2 is 1.68 bits per heavy atom. The van der Waals surface area contributed by atoms with Gasteiger partial charge in [-0.25, -0.2) is 0 Å². The first-order valence-corrected chi connectivity index (χ1v) is 8.78. The average molecular weight is 420 g/mol. The second kappa shape index (κ2) is 7.36. The molecule has 22 heavy (non-hydrogen) atoms. The minimum Gasteiger partial charge on any atom is -0.312 e. The van der Waals surface area contributed by atoms with Crippen molar-refractivity contribution in [3.8, 4) is 0 Å². The molecule has 3 aromatic rings. The lowest BCUT2D eigenvalue weighted by Crippen LogP contribution is -2.23.